The number of aliphatic hydroxyl groups excluding tert-OH is 1. The molecule has 0 spiro atoms. The van der Waals surface area contributed by atoms with Gasteiger partial charge in [-0.2, -0.15) is 13.2 Å². The molecule has 0 aliphatic carbocycles. The number of hydrogen-bond donors (Lipinski definition) is 1. The number of halogens is 3. The van der Waals surface area contributed by atoms with Gasteiger partial charge in [0, 0.05) is 44.5 Å². The molecule has 2 saturated heterocycles. The minimum Gasteiger partial charge on any atom is -0.393 e. The molecule has 2 aliphatic heterocycles. The van der Waals surface area contributed by atoms with Crippen LogP contribution in [0, 0.1) is 0 Å². The smallest absolute Gasteiger partial charge is 0.393 e. The lowest BCUT2D eigenvalue weighted by Gasteiger charge is -2.36. The Hall–Kier alpha value is -1.94. The summed E-state index contributed by atoms with van der Waals surface area (Å²) in [5, 5.41) is 9.28. The molecular weight excluding hydrogens is 401 g/mol. The number of anilines is 1. The highest BCUT2D eigenvalue weighted by atomic mass is 19.4. The minimum atomic E-state index is -4.45. The first-order valence-corrected chi connectivity index (χ1v) is 10.5. The maximum absolute atomic E-state index is 12.6. The summed E-state index contributed by atoms with van der Waals surface area (Å²) in [4.78, 5) is 23.9. The van der Waals surface area contributed by atoms with Gasteiger partial charge in [0.1, 0.15) is 6.10 Å². The fourth-order valence-corrected chi connectivity index (χ4v) is 3.58. The number of rotatable bonds is 6. The second-order valence-electron chi connectivity index (χ2n) is 7.31. The van der Waals surface area contributed by atoms with Gasteiger partial charge in [-0.15, -0.1) is 0 Å². The van der Waals surface area contributed by atoms with E-state index in [-0.39, 0.29) is 17.9 Å². The number of amides is 1. The van der Waals surface area contributed by atoms with Gasteiger partial charge >= 0.3 is 6.18 Å². The SMILES string of the molecule is CC.CC(O)CCOC1CCN(C2CCN(c3ncc(C(F)(F)F)cn3)CC2)C1=O. The molecule has 3 heterocycles. The molecule has 0 bridgehead atoms. The van der Waals surface area contributed by atoms with Crippen LogP contribution in [0.5, 0.6) is 0 Å². The van der Waals surface area contributed by atoms with Crippen molar-refractivity contribution in [2.75, 3.05) is 31.1 Å². The van der Waals surface area contributed by atoms with E-state index in [1.165, 1.54) is 0 Å². The second-order valence-corrected chi connectivity index (χ2v) is 7.31. The van der Waals surface area contributed by atoms with Gasteiger partial charge in [0.15, 0.2) is 0 Å². The van der Waals surface area contributed by atoms with E-state index in [1.807, 2.05) is 23.6 Å². The summed E-state index contributed by atoms with van der Waals surface area (Å²) >= 11 is 0. The number of alkyl halides is 3. The number of aromatic nitrogens is 2. The number of carbonyl (C=O) groups is 1. The maximum atomic E-state index is 12.6. The van der Waals surface area contributed by atoms with Crippen molar-refractivity contribution in [1.82, 2.24) is 14.9 Å². The van der Waals surface area contributed by atoms with E-state index in [1.54, 1.807) is 6.92 Å². The van der Waals surface area contributed by atoms with Crippen LogP contribution in [0.25, 0.3) is 0 Å². The lowest BCUT2D eigenvalue weighted by Crippen LogP contribution is -2.47. The molecule has 2 aliphatic rings. The molecule has 1 N–H and O–H groups in total. The van der Waals surface area contributed by atoms with Crippen molar-refractivity contribution in [3.05, 3.63) is 18.0 Å². The fourth-order valence-electron chi connectivity index (χ4n) is 3.58. The van der Waals surface area contributed by atoms with Crippen molar-refractivity contribution in [2.45, 2.75) is 70.9 Å². The Bertz CT molecular complexity index is 662. The average Bonchev–Trinajstić information content (AvgIpc) is 3.09. The quantitative estimate of drug-likeness (QED) is 0.745. The van der Waals surface area contributed by atoms with Crippen LogP contribution in [0.1, 0.15) is 52.0 Å². The lowest BCUT2D eigenvalue weighted by atomic mass is 10.0. The minimum absolute atomic E-state index is 0.0187. The lowest BCUT2D eigenvalue weighted by molar-refractivity contribution is -0.140. The first kappa shape index (κ1) is 24.3. The first-order chi connectivity index (χ1) is 14.3. The molecule has 0 aromatic carbocycles. The van der Waals surface area contributed by atoms with Crippen LogP contribution in [-0.4, -0.2) is 70.4 Å². The van der Waals surface area contributed by atoms with E-state index in [4.69, 9.17) is 4.74 Å². The Kier molecular flexibility index (Phi) is 8.84. The summed E-state index contributed by atoms with van der Waals surface area (Å²) in [7, 11) is 0. The van der Waals surface area contributed by atoms with Crippen molar-refractivity contribution in [2.24, 2.45) is 0 Å². The molecule has 3 rings (SSSR count). The molecule has 0 radical (unpaired) electrons. The van der Waals surface area contributed by atoms with Gasteiger partial charge in [-0.1, -0.05) is 13.8 Å². The normalized spacial score (nSPS) is 21.4. The topological polar surface area (TPSA) is 78.8 Å². The Balaban J connectivity index is 0.00000155. The van der Waals surface area contributed by atoms with Crippen LogP contribution in [0.4, 0.5) is 19.1 Å². The third kappa shape index (κ3) is 6.28. The van der Waals surface area contributed by atoms with E-state index in [0.717, 1.165) is 12.4 Å². The summed E-state index contributed by atoms with van der Waals surface area (Å²) in [5.41, 5.74) is -0.865. The van der Waals surface area contributed by atoms with Gasteiger partial charge in [0.05, 0.1) is 18.3 Å². The zero-order valence-corrected chi connectivity index (χ0v) is 17.7. The van der Waals surface area contributed by atoms with E-state index in [0.29, 0.717) is 51.9 Å². The number of likely N-dealkylation sites (tertiary alicyclic amines) is 1. The van der Waals surface area contributed by atoms with Gasteiger partial charge in [0.2, 0.25) is 5.95 Å². The first-order valence-electron chi connectivity index (χ1n) is 10.5. The molecule has 0 saturated carbocycles. The van der Waals surface area contributed by atoms with E-state index in [9.17, 15) is 23.1 Å². The number of carbonyl (C=O) groups excluding carboxylic acids is 1. The number of hydrogen-bond acceptors (Lipinski definition) is 6. The summed E-state index contributed by atoms with van der Waals surface area (Å²) in [5.74, 6) is 0.258. The molecule has 2 fully saturated rings. The van der Waals surface area contributed by atoms with Gasteiger partial charge in [-0.05, 0) is 26.2 Å². The van der Waals surface area contributed by atoms with Crippen LogP contribution in [0.2, 0.25) is 0 Å². The number of nitrogens with zero attached hydrogens (tertiary/aromatic N) is 4. The van der Waals surface area contributed by atoms with Crippen LogP contribution in [-0.2, 0) is 15.7 Å². The zero-order chi connectivity index (χ0) is 22.3. The molecule has 7 nitrogen and oxygen atoms in total. The van der Waals surface area contributed by atoms with Gasteiger partial charge in [-0.25, -0.2) is 9.97 Å². The third-order valence-corrected chi connectivity index (χ3v) is 5.20. The van der Waals surface area contributed by atoms with Crippen molar-refractivity contribution in [3.8, 4) is 0 Å². The molecular formula is C20H31F3N4O3. The predicted octanol–water partition coefficient (Wildman–Crippen LogP) is 2.88. The Morgan fingerprint density at radius 2 is 1.77 bits per heavy atom. The number of piperidine rings is 1. The van der Waals surface area contributed by atoms with E-state index < -0.39 is 23.9 Å². The third-order valence-electron chi connectivity index (χ3n) is 5.20. The van der Waals surface area contributed by atoms with E-state index in [2.05, 4.69) is 9.97 Å². The summed E-state index contributed by atoms with van der Waals surface area (Å²) < 4.78 is 43.5. The average molecular weight is 432 g/mol. The molecule has 1 aromatic rings. The molecule has 2 atom stereocenters. The van der Waals surface area contributed by atoms with E-state index >= 15 is 0 Å². The number of aliphatic hydroxyl groups is 1. The second kappa shape index (κ2) is 10.9. The van der Waals surface area contributed by atoms with Crippen molar-refractivity contribution in [1.29, 1.82) is 0 Å². The molecule has 1 aromatic heterocycles. The summed E-state index contributed by atoms with van der Waals surface area (Å²) in [6, 6.07) is 0.0866. The molecule has 2 unspecified atom stereocenters. The Labute approximate surface area is 175 Å². The highest BCUT2D eigenvalue weighted by molar-refractivity contribution is 5.83. The van der Waals surface area contributed by atoms with Gasteiger partial charge in [-0.3, -0.25) is 4.79 Å². The molecule has 10 heteroatoms. The maximum Gasteiger partial charge on any atom is 0.419 e. The van der Waals surface area contributed by atoms with Crippen molar-refractivity contribution < 1.29 is 27.8 Å². The Morgan fingerprint density at radius 3 is 2.30 bits per heavy atom. The van der Waals surface area contributed by atoms with Crippen LogP contribution in [0.15, 0.2) is 12.4 Å². The standard InChI is InChI=1S/C18H25F3N4O3.C2H6/c1-12(26)5-9-28-15-4-8-25(16(15)27)14-2-6-24(7-3-14)17-22-10-13(11-23-17)18(19,20)21;1-2/h10-12,14-15,26H,2-9H2,1H3;1-2H3. The van der Waals surface area contributed by atoms with Crippen LogP contribution in [0.3, 0.4) is 0 Å². The summed E-state index contributed by atoms with van der Waals surface area (Å²) in [6.45, 7) is 7.83. The largest absolute Gasteiger partial charge is 0.419 e. The zero-order valence-electron chi connectivity index (χ0n) is 17.7. The van der Waals surface area contributed by atoms with Crippen molar-refractivity contribution in [3.63, 3.8) is 0 Å². The van der Waals surface area contributed by atoms with Crippen LogP contribution < -0.4 is 4.90 Å². The fraction of sp³-hybridized carbons (Fsp3) is 0.750. The monoisotopic (exact) mass is 432 g/mol. The van der Waals surface area contributed by atoms with Gasteiger partial charge in [0.25, 0.3) is 5.91 Å². The molecule has 1 amide bonds. The van der Waals surface area contributed by atoms with Crippen molar-refractivity contribution >= 4 is 11.9 Å². The summed E-state index contributed by atoms with van der Waals surface area (Å²) in [6.07, 6.45) is -1.21. The number of ether oxygens (including phenoxy) is 1. The van der Waals surface area contributed by atoms with Crippen LogP contribution >= 0.6 is 0 Å². The Morgan fingerprint density at radius 1 is 1.17 bits per heavy atom. The highest BCUT2D eigenvalue weighted by Gasteiger charge is 2.38. The predicted molar refractivity (Wildman–Crippen MR) is 106 cm³/mol. The highest BCUT2D eigenvalue weighted by Crippen LogP contribution is 2.29. The molecule has 30 heavy (non-hydrogen) atoms. The van der Waals surface area contributed by atoms with Gasteiger partial charge < -0.3 is 19.6 Å². The molecule has 170 valence electrons.